The average Bonchev–Trinajstić information content (AvgIpc) is 2.31. The van der Waals surface area contributed by atoms with E-state index in [1.54, 1.807) is 31.2 Å². The number of nitrogens with two attached hydrogens (primary N) is 2. The Kier molecular flexibility index (Phi) is 3.14. The second-order valence-electron chi connectivity index (χ2n) is 3.99. The molecule has 2 rings (SSSR count). The molecule has 2 aromatic rings. The van der Waals surface area contributed by atoms with E-state index in [4.69, 9.17) is 11.5 Å². The van der Waals surface area contributed by atoms with E-state index < -0.39 is 5.91 Å². The lowest BCUT2D eigenvalue weighted by molar-refractivity contribution is 0.1000. The molecule has 0 spiro atoms. The lowest BCUT2D eigenvalue weighted by Gasteiger charge is -2.08. The van der Waals surface area contributed by atoms with Crippen LogP contribution in [-0.2, 0) is 0 Å². The molecule has 5 nitrogen and oxygen atoms in total. The highest BCUT2D eigenvalue weighted by atomic mass is 16.1. The molecule has 1 amide bonds. The van der Waals surface area contributed by atoms with Gasteiger partial charge in [0.1, 0.15) is 5.82 Å². The van der Waals surface area contributed by atoms with Crippen LogP contribution in [0.15, 0.2) is 36.4 Å². The van der Waals surface area contributed by atoms with E-state index >= 15 is 0 Å². The van der Waals surface area contributed by atoms with Crippen LogP contribution in [0.25, 0.3) is 0 Å². The Bertz CT molecular complexity index is 578. The van der Waals surface area contributed by atoms with Crippen LogP contribution in [0.5, 0.6) is 0 Å². The summed E-state index contributed by atoms with van der Waals surface area (Å²) < 4.78 is 0. The number of nitrogen functional groups attached to an aromatic ring is 1. The van der Waals surface area contributed by atoms with Gasteiger partial charge < -0.3 is 16.8 Å². The molecule has 0 aliphatic rings. The second kappa shape index (κ2) is 4.75. The summed E-state index contributed by atoms with van der Waals surface area (Å²) in [5.41, 5.74) is 13.5. The van der Waals surface area contributed by atoms with Crippen LogP contribution in [0.2, 0.25) is 0 Å². The van der Waals surface area contributed by atoms with Gasteiger partial charge in [0.25, 0.3) is 0 Å². The Labute approximate surface area is 105 Å². The number of nitrogens with zero attached hydrogens (tertiary/aromatic N) is 1. The second-order valence-corrected chi connectivity index (χ2v) is 3.99. The van der Waals surface area contributed by atoms with Crippen LogP contribution in [0.4, 0.5) is 17.2 Å². The van der Waals surface area contributed by atoms with Gasteiger partial charge in [0, 0.05) is 22.6 Å². The number of anilines is 3. The largest absolute Gasteiger partial charge is 0.399 e. The van der Waals surface area contributed by atoms with Crippen LogP contribution in [-0.4, -0.2) is 10.9 Å². The van der Waals surface area contributed by atoms with Gasteiger partial charge in [0.2, 0.25) is 5.91 Å². The first-order valence-corrected chi connectivity index (χ1v) is 5.45. The lowest BCUT2D eigenvalue weighted by atomic mass is 10.2. The molecule has 0 saturated heterocycles. The summed E-state index contributed by atoms with van der Waals surface area (Å²) in [6.07, 6.45) is 0. The van der Waals surface area contributed by atoms with Gasteiger partial charge in [-0.05, 0) is 43.3 Å². The highest BCUT2D eigenvalue weighted by Gasteiger charge is 2.05. The topological polar surface area (TPSA) is 94.0 Å². The van der Waals surface area contributed by atoms with Crippen molar-refractivity contribution in [3.63, 3.8) is 0 Å². The van der Waals surface area contributed by atoms with Crippen LogP contribution in [0.1, 0.15) is 16.1 Å². The van der Waals surface area contributed by atoms with Crippen molar-refractivity contribution < 1.29 is 4.79 Å². The summed E-state index contributed by atoms with van der Waals surface area (Å²) in [5.74, 6) is 0.106. The number of aryl methyl sites for hydroxylation is 1. The number of benzene rings is 1. The zero-order valence-electron chi connectivity index (χ0n) is 9.97. The Hall–Kier alpha value is -2.56. The summed E-state index contributed by atoms with van der Waals surface area (Å²) in [7, 11) is 0. The summed E-state index contributed by atoms with van der Waals surface area (Å²) in [6, 6.07) is 10.5. The fraction of sp³-hybridized carbons (Fsp3) is 0.0769. The molecular formula is C13H14N4O. The molecule has 0 saturated carbocycles. The first-order chi connectivity index (χ1) is 8.54. The van der Waals surface area contributed by atoms with Gasteiger partial charge >= 0.3 is 0 Å². The molecule has 0 bridgehead atoms. The molecule has 0 atom stereocenters. The van der Waals surface area contributed by atoms with Crippen molar-refractivity contribution in [3.8, 4) is 0 Å². The monoisotopic (exact) mass is 242 g/mol. The SMILES string of the molecule is Cc1cc(C(N)=O)cc(Nc2ccc(N)cc2)n1. The predicted molar refractivity (Wildman–Crippen MR) is 71.6 cm³/mol. The van der Waals surface area contributed by atoms with E-state index in [0.29, 0.717) is 17.1 Å². The van der Waals surface area contributed by atoms with E-state index in [1.165, 1.54) is 0 Å². The maximum absolute atomic E-state index is 11.2. The van der Waals surface area contributed by atoms with Gasteiger partial charge in [-0.2, -0.15) is 0 Å². The Morgan fingerprint density at radius 1 is 1.22 bits per heavy atom. The fourth-order valence-electron chi connectivity index (χ4n) is 1.59. The normalized spacial score (nSPS) is 10.1. The molecule has 0 unspecified atom stereocenters. The van der Waals surface area contributed by atoms with Crippen molar-refractivity contribution in [1.29, 1.82) is 0 Å². The van der Waals surface area contributed by atoms with Gasteiger partial charge in [-0.3, -0.25) is 4.79 Å². The lowest BCUT2D eigenvalue weighted by Crippen LogP contribution is -2.12. The van der Waals surface area contributed by atoms with Crippen molar-refractivity contribution in [2.75, 3.05) is 11.1 Å². The Morgan fingerprint density at radius 3 is 2.50 bits per heavy atom. The third-order valence-corrected chi connectivity index (χ3v) is 2.42. The first kappa shape index (κ1) is 11.9. The van der Waals surface area contributed by atoms with E-state index in [9.17, 15) is 4.79 Å². The molecule has 5 heteroatoms. The van der Waals surface area contributed by atoms with Crippen molar-refractivity contribution >= 4 is 23.1 Å². The van der Waals surface area contributed by atoms with Crippen LogP contribution in [0, 0.1) is 6.92 Å². The number of rotatable bonds is 3. The van der Waals surface area contributed by atoms with Gasteiger partial charge in [-0.25, -0.2) is 4.98 Å². The highest BCUT2D eigenvalue weighted by molar-refractivity contribution is 5.93. The minimum atomic E-state index is -0.471. The number of nitrogens with one attached hydrogen (secondary N) is 1. The maximum Gasteiger partial charge on any atom is 0.248 e. The van der Waals surface area contributed by atoms with Crippen molar-refractivity contribution in [2.45, 2.75) is 6.92 Å². The van der Waals surface area contributed by atoms with Gasteiger partial charge in [-0.15, -0.1) is 0 Å². The molecular weight excluding hydrogens is 228 g/mol. The Morgan fingerprint density at radius 2 is 1.89 bits per heavy atom. The standard InChI is InChI=1S/C13H14N4O/c1-8-6-9(13(15)18)7-12(16-8)17-11-4-2-10(14)3-5-11/h2-7H,14H2,1H3,(H2,15,18)(H,16,17). The molecule has 0 aliphatic heterocycles. The van der Waals surface area contributed by atoms with Crippen molar-refractivity contribution in [3.05, 3.63) is 47.7 Å². The van der Waals surface area contributed by atoms with Crippen LogP contribution >= 0.6 is 0 Å². The number of carbonyl (C=O) groups excluding carboxylic acids is 1. The molecule has 0 fully saturated rings. The van der Waals surface area contributed by atoms with Crippen molar-refractivity contribution in [1.82, 2.24) is 4.98 Å². The van der Waals surface area contributed by atoms with E-state index in [-0.39, 0.29) is 0 Å². The molecule has 1 aromatic carbocycles. The van der Waals surface area contributed by atoms with Gasteiger partial charge in [0.05, 0.1) is 0 Å². The minimum absolute atomic E-state index is 0.431. The third kappa shape index (κ3) is 2.76. The van der Waals surface area contributed by atoms with E-state index in [0.717, 1.165) is 11.4 Å². The summed E-state index contributed by atoms with van der Waals surface area (Å²) >= 11 is 0. The number of pyridine rings is 1. The first-order valence-electron chi connectivity index (χ1n) is 5.45. The quantitative estimate of drug-likeness (QED) is 0.715. The van der Waals surface area contributed by atoms with Gasteiger partial charge in [0.15, 0.2) is 0 Å². The van der Waals surface area contributed by atoms with E-state index in [2.05, 4.69) is 10.3 Å². The zero-order valence-corrected chi connectivity index (χ0v) is 9.97. The molecule has 0 aliphatic carbocycles. The smallest absolute Gasteiger partial charge is 0.248 e. The fourth-order valence-corrected chi connectivity index (χ4v) is 1.59. The molecule has 0 radical (unpaired) electrons. The molecule has 5 N–H and O–H groups in total. The number of hydrogen-bond donors (Lipinski definition) is 3. The maximum atomic E-state index is 11.2. The average molecular weight is 242 g/mol. The number of primary amides is 1. The van der Waals surface area contributed by atoms with Crippen molar-refractivity contribution in [2.24, 2.45) is 5.73 Å². The zero-order chi connectivity index (χ0) is 13.1. The van der Waals surface area contributed by atoms with Crippen LogP contribution in [0.3, 0.4) is 0 Å². The molecule has 18 heavy (non-hydrogen) atoms. The highest BCUT2D eigenvalue weighted by Crippen LogP contribution is 2.17. The number of hydrogen-bond acceptors (Lipinski definition) is 4. The van der Waals surface area contributed by atoms with Gasteiger partial charge in [-0.1, -0.05) is 0 Å². The summed E-state index contributed by atoms with van der Waals surface area (Å²) in [4.78, 5) is 15.4. The number of aromatic nitrogens is 1. The molecule has 1 heterocycles. The predicted octanol–water partition coefficient (Wildman–Crippen LogP) is 1.81. The van der Waals surface area contributed by atoms with E-state index in [1.807, 2.05) is 12.1 Å². The summed E-state index contributed by atoms with van der Waals surface area (Å²) in [5, 5.41) is 3.09. The Balaban J connectivity index is 2.28. The minimum Gasteiger partial charge on any atom is -0.399 e. The third-order valence-electron chi connectivity index (χ3n) is 2.42. The molecule has 92 valence electrons. The van der Waals surface area contributed by atoms with Crippen LogP contribution < -0.4 is 16.8 Å². The number of carbonyl (C=O) groups is 1. The summed E-state index contributed by atoms with van der Waals surface area (Å²) in [6.45, 7) is 1.81. The molecule has 1 aromatic heterocycles. The number of amides is 1.